The average Bonchev–Trinajstić information content (AvgIpc) is 2.76. The lowest BCUT2D eigenvalue weighted by Crippen LogP contribution is -2.29. The van der Waals surface area contributed by atoms with E-state index in [0.717, 1.165) is 11.1 Å². The van der Waals surface area contributed by atoms with Gasteiger partial charge in [0.2, 0.25) is 0 Å². The molecule has 0 spiro atoms. The van der Waals surface area contributed by atoms with E-state index in [1.54, 1.807) is 36.7 Å². The summed E-state index contributed by atoms with van der Waals surface area (Å²) in [5.41, 5.74) is 2.76. The van der Waals surface area contributed by atoms with Crippen LogP contribution in [0.4, 0.5) is 0 Å². The van der Waals surface area contributed by atoms with Crippen molar-refractivity contribution in [2.75, 3.05) is 6.61 Å². The minimum Gasteiger partial charge on any atom is -0.394 e. The summed E-state index contributed by atoms with van der Waals surface area (Å²) in [7, 11) is 0. The second-order valence-electron chi connectivity index (χ2n) is 6.54. The highest BCUT2D eigenvalue weighted by Gasteiger charge is 2.16. The lowest BCUT2D eigenvalue weighted by molar-refractivity contribution is 0.0803. The number of rotatable bonds is 5. The molecule has 4 aromatic rings. The Morgan fingerprint density at radius 3 is 2.62 bits per heavy atom. The molecular weight excluding hydrogens is 392 g/mol. The first-order chi connectivity index (χ1) is 14.1. The van der Waals surface area contributed by atoms with Crippen molar-refractivity contribution in [3.05, 3.63) is 76.6 Å². The number of benzene rings is 1. The maximum Gasteiger partial charge on any atom is 0.261 e. The van der Waals surface area contributed by atoms with Crippen LogP contribution in [-0.2, 0) is 6.54 Å². The smallest absolute Gasteiger partial charge is 0.261 e. The number of halogens is 1. The molecule has 1 unspecified atom stereocenters. The van der Waals surface area contributed by atoms with Gasteiger partial charge in [-0.15, -0.1) is 0 Å². The maximum atomic E-state index is 13.1. The SMILES string of the molecule is O=c1c2cc(-c3ccc(Cl)cc3)nc(-c3cccnc3)c2ncn1CC(O)CO. The zero-order valence-electron chi connectivity index (χ0n) is 15.2. The van der Waals surface area contributed by atoms with Gasteiger partial charge >= 0.3 is 0 Å². The maximum absolute atomic E-state index is 13.1. The molecule has 2 N–H and O–H groups in total. The van der Waals surface area contributed by atoms with Crippen molar-refractivity contribution in [2.24, 2.45) is 0 Å². The Bertz CT molecular complexity index is 1210. The van der Waals surface area contributed by atoms with Gasteiger partial charge in [-0.1, -0.05) is 23.7 Å². The van der Waals surface area contributed by atoms with E-state index in [1.807, 2.05) is 18.2 Å². The van der Waals surface area contributed by atoms with Crippen LogP contribution in [-0.4, -0.2) is 42.4 Å². The minimum absolute atomic E-state index is 0.0564. The molecule has 8 heteroatoms. The highest BCUT2D eigenvalue weighted by molar-refractivity contribution is 6.30. The zero-order valence-corrected chi connectivity index (χ0v) is 16.0. The molecule has 1 aromatic carbocycles. The number of hydrogen-bond acceptors (Lipinski definition) is 6. The van der Waals surface area contributed by atoms with Crippen molar-refractivity contribution in [1.82, 2.24) is 19.5 Å². The summed E-state index contributed by atoms with van der Waals surface area (Å²) >= 11 is 5.99. The predicted molar refractivity (Wildman–Crippen MR) is 111 cm³/mol. The molecule has 29 heavy (non-hydrogen) atoms. The van der Waals surface area contributed by atoms with E-state index in [1.165, 1.54) is 10.9 Å². The largest absolute Gasteiger partial charge is 0.394 e. The number of pyridine rings is 2. The fourth-order valence-electron chi connectivity index (χ4n) is 3.05. The number of fused-ring (bicyclic) bond motifs is 1. The molecule has 0 aliphatic heterocycles. The minimum atomic E-state index is -1.05. The number of aromatic nitrogens is 4. The van der Waals surface area contributed by atoms with Crippen molar-refractivity contribution in [3.63, 3.8) is 0 Å². The second-order valence-corrected chi connectivity index (χ2v) is 6.98. The molecule has 0 bridgehead atoms. The fourth-order valence-corrected chi connectivity index (χ4v) is 3.18. The van der Waals surface area contributed by atoms with Gasteiger partial charge in [-0.3, -0.25) is 14.3 Å². The van der Waals surface area contributed by atoms with Crippen LogP contribution in [0.1, 0.15) is 0 Å². The Hall–Kier alpha value is -3.13. The van der Waals surface area contributed by atoms with Gasteiger partial charge in [0.15, 0.2) is 0 Å². The molecule has 1 atom stereocenters. The van der Waals surface area contributed by atoms with Gasteiger partial charge in [0.25, 0.3) is 5.56 Å². The molecule has 146 valence electrons. The van der Waals surface area contributed by atoms with E-state index in [9.17, 15) is 9.90 Å². The van der Waals surface area contributed by atoms with Gasteiger partial charge in [0.05, 0.1) is 42.4 Å². The van der Waals surface area contributed by atoms with Crippen molar-refractivity contribution in [1.29, 1.82) is 0 Å². The average molecular weight is 409 g/mol. The Morgan fingerprint density at radius 1 is 1.14 bits per heavy atom. The third kappa shape index (κ3) is 3.88. The van der Waals surface area contributed by atoms with Crippen LogP contribution in [0, 0.1) is 0 Å². The lowest BCUT2D eigenvalue weighted by Gasteiger charge is -2.13. The van der Waals surface area contributed by atoms with Crippen LogP contribution in [0.3, 0.4) is 0 Å². The third-order valence-corrected chi connectivity index (χ3v) is 4.76. The molecule has 7 nitrogen and oxygen atoms in total. The van der Waals surface area contributed by atoms with Crippen LogP contribution < -0.4 is 5.56 Å². The first kappa shape index (κ1) is 19.2. The molecule has 0 amide bonds. The Morgan fingerprint density at radius 2 is 1.93 bits per heavy atom. The van der Waals surface area contributed by atoms with E-state index < -0.39 is 12.7 Å². The van der Waals surface area contributed by atoms with Crippen molar-refractivity contribution < 1.29 is 10.2 Å². The summed E-state index contributed by atoms with van der Waals surface area (Å²) in [6, 6.07) is 12.5. The Balaban J connectivity index is 1.98. The van der Waals surface area contributed by atoms with Crippen LogP contribution in [0.5, 0.6) is 0 Å². The summed E-state index contributed by atoms with van der Waals surface area (Å²) in [4.78, 5) is 26.4. The molecule has 3 aromatic heterocycles. The summed E-state index contributed by atoms with van der Waals surface area (Å²) in [6.45, 7) is -0.503. The standard InChI is InChI=1S/C21H17ClN4O3/c22-15-5-3-13(4-6-15)18-8-17-20(19(25-18)14-2-1-7-23-9-14)24-12-26(21(17)29)10-16(28)11-27/h1-9,12,16,27-28H,10-11H2. The van der Waals surface area contributed by atoms with Gasteiger partial charge in [-0.05, 0) is 30.3 Å². The second kappa shape index (κ2) is 8.08. The van der Waals surface area contributed by atoms with Crippen molar-refractivity contribution in [3.8, 4) is 22.5 Å². The summed E-state index contributed by atoms with van der Waals surface area (Å²) in [6.07, 6.45) is 3.62. The van der Waals surface area contributed by atoms with E-state index in [2.05, 4.69) is 9.97 Å². The van der Waals surface area contributed by atoms with E-state index in [-0.39, 0.29) is 12.1 Å². The zero-order chi connectivity index (χ0) is 20.4. The van der Waals surface area contributed by atoms with E-state index >= 15 is 0 Å². The van der Waals surface area contributed by atoms with E-state index in [0.29, 0.717) is 27.3 Å². The number of aliphatic hydroxyl groups excluding tert-OH is 2. The number of hydrogen-bond donors (Lipinski definition) is 2. The van der Waals surface area contributed by atoms with Gasteiger partial charge in [-0.2, -0.15) is 0 Å². The monoisotopic (exact) mass is 408 g/mol. The third-order valence-electron chi connectivity index (χ3n) is 4.50. The van der Waals surface area contributed by atoms with Gasteiger partial charge in [0.1, 0.15) is 5.52 Å². The first-order valence-corrected chi connectivity index (χ1v) is 9.30. The summed E-state index contributed by atoms with van der Waals surface area (Å²) in [5, 5.41) is 19.8. The van der Waals surface area contributed by atoms with Crippen LogP contribution >= 0.6 is 11.6 Å². The summed E-state index contributed by atoms with van der Waals surface area (Å²) < 4.78 is 1.28. The van der Waals surface area contributed by atoms with Crippen molar-refractivity contribution in [2.45, 2.75) is 12.6 Å². The molecular formula is C21H17ClN4O3. The molecule has 0 saturated heterocycles. The topological polar surface area (TPSA) is 101 Å². The number of aliphatic hydroxyl groups is 2. The van der Waals surface area contributed by atoms with E-state index in [4.69, 9.17) is 21.7 Å². The molecule has 4 rings (SSSR count). The Labute approximate surface area is 170 Å². The van der Waals surface area contributed by atoms with Gasteiger partial charge < -0.3 is 10.2 Å². The van der Waals surface area contributed by atoms with Gasteiger partial charge in [0, 0.05) is 28.5 Å². The normalized spacial score (nSPS) is 12.2. The van der Waals surface area contributed by atoms with Crippen LogP contribution in [0.25, 0.3) is 33.4 Å². The van der Waals surface area contributed by atoms with Crippen LogP contribution in [0.15, 0.2) is 66.0 Å². The molecule has 0 saturated carbocycles. The quantitative estimate of drug-likeness (QED) is 0.526. The molecule has 0 aliphatic rings. The predicted octanol–water partition coefficient (Wildman–Crippen LogP) is 2.53. The highest BCUT2D eigenvalue weighted by Crippen LogP contribution is 2.28. The Kier molecular flexibility index (Phi) is 5.35. The van der Waals surface area contributed by atoms with Crippen LogP contribution in [0.2, 0.25) is 5.02 Å². The molecule has 3 heterocycles. The summed E-state index contributed by atoms with van der Waals surface area (Å²) in [5.74, 6) is 0. The highest BCUT2D eigenvalue weighted by atomic mass is 35.5. The lowest BCUT2D eigenvalue weighted by atomic mass is 10.1. The number of nitrogens with zero attached hydrogens (tertiary/aromatic N) is 4. The molecule has 0 radical (unpaired) electrons. The fraction of sp³-hybridized carbons (Fsp3) is 0.143. The van der Waals surface area contributed by atoms with Gasteiger partial charge in [-0.25, -0.2) is 9.97 Å². The molecule has 0 fully saturated rings. The molecule has 0 aliphatic carbocycles. The first-order valence-electron chi connectivity index (χ1n) is 8.92. The van der Waals surface area contributed by atoms with Crippen molar-refractivity contribution >= 4 is 22.5 Å².